The van der Waals surface area contributed by atoms with Crippen LogP contribution in [-0.4, -0.2) is 5.78 Å². The van der Waals surface area contributed by atoms with Crippen LogP contribution in [-0.2, 0) is 0 Å². The van der Waals surface area contributed by atoms with Gasteiger partial charge in [0.25, 0.3) is 0 Å². The third kappa shape index (κ3) is 4.57. The molecule has 19 heavy (non-hydrogen) atoms. The number of hydrogen-bond donors (Lipinski definition) is 0. The normalized spacial score (nSPS) is 12.5. The van der Waals surface area contributed by atoms with Gasteiger partial charge in [-0.2, -0.15) is 0 Å². The second kappa shape index (κ2) is 7.59. The van der Waals surface area contributed by atoms with Gasteiger partial charge in [0.15, 0.2) is 5.78 Å². The molecule has 0 fully saturated rings. The van der Waals surface area contributed by atoms with E-state index < -0.39 is 11.6 Å². The second-order valence-electron chi connectivity index (χ2n) is 4.79. The minimum atomic E-state index is -0.756. The molecule has 1 unspecified atom stereocenters. The molecule has 1 aromatic rings. The maximum absolute atomic E-state index is 13.6. The summed E-state index contributed by atoms with van der Waals surface area (Å²) < 4.78 is 26.9. The van der Waals surface area contributed by atoms with Crippen LogP contribution in [0, 0.1) is 17.6 Å². The van der Waals surface area contributed by atoms with Gasteiger partial charge in [-0.25, -0.2) is 8.78 Å². The average Bonchev–Trinajstić information content (AvgIpc) is 2.38. The lowest BCUT2D eigenvalue weighted by Gasteiger charge is -2.13. The van der Waals surface area contributed by atoms with Crippen LogP contribution in [0.5, 0.6) is 0 Å². The number of ketones is 1. The predicted molar refractivity (Wildman–Crippen MR) is 73.6 cm³/mol. The van der Waals surface area contributed by atoms with E-state index in [-0.39, 0.29) is 28.7 Å². The zero-order valence-electron chi connectivity index (χ0n) is 11.3. The fourth-order valence-corrected chi connectivity index (χ4v) is 2.20. The molecule has 1 rings (SSSR count). The van der Waals surface area contributed by atoms with Crippen molar-refractivity contribution in [2.45, 2.75) is 46.0 Å². The molecule has 0 aromatic heterocycles. The van der Waals surface area contributed by atoms with Crippen LogP contribution in [0.1, 0.15) is 56.3 Å². The fourth-order valence-electron chi connectivity index (χ4n) is 2.05. The maximum Gasteiger partial charge on any atom is 0.166 e. The highest BCUT2D eigenvalue weighted by atomic mass is 35.5. The van der Waals surface area contributed by atoms with Gasteiger partial charge in [0.05, 0.1) is 10.6 Å². The Balaban J connectivity index is 2.79. The van der Waals surface area contributed by atoms with Gasteiger partial charge < -0.3 is 0 Å². The van der Waals surface area contributed by atoms with E-state index in [9.17, 15) is 13.6 Å². The Bertz CT molecular complexity index is 446. The molecule has 0 amide bonds. The molecule has 0 heterocycles. The number of carbonyl (C=O) groups is 1. The molecule has 0 bridgehead atoms. The van der Waals surface area contributed by atoms with Crippen molar-refractivity contribution in [3.8, 4) is 0 Å². The van der Waals surface area contributed by atoms with Crippen molar-refractivity contribution in [3.63, 3.8) is 0 Å². The first-order valence-electron chi connectivity index (χ1n) is 6.67. The van der Waals surface area contributed by atoms with Crippen LogP contribution in [0.4, 0.5) is 8.78 Å². The van der Waals surface area contributed by atoms with E-state index in [0.29, 0.717) is 0 Å². The van der Waals surface area contributed by atoms with Gasteiger partial charge >= 0.3 is 0 Å². The number of rotatable bonds is 7. The zero-order valence-corrected chi connectivity index (χ0v) is 12.1. The van der Waals surface area contributed by atoms with Gasteiger partial charge in [-0.3, -0.25) is 4.79 Å². The largest absolute Gasteiger partial charge is 0.294 e. The summed E-state index contributed by atoms with van der Waals surface area (Å²) in [7, 11) is 0. The van der Waals surface area contributed by atoms with E-state index in [2.05, 4.69) is 6.92 Å². The first-order chi connectivity index (χ1) is 8.99. The number of Topliss-reactive ketones (excluding diaryl/α,β-unsaturated/α-hetero) is 1. The van der Waals surface area contributed by atoms with E-state index in [1.54, 1.807) is 0 Å². The van der Waals surface area contributed by atoms with Crippen molar-refractivity contribution in [1.29, 1.82) is 0 Å². The molecule has 0 N–H and O–H groups in total. The van der Waals surface area contributed by atoms with E-state index in [4.69, 9.17) is 11.6 Å². The minimum Gasteiger partial charge on any atom is -0.294 e. The van der Waals surface area contributed by atoms with Gasteiger partial charge in [-0.15, -0.1) is 0 Å². The molecule has 0 aliphatic rings. The van der Waals surface area contributed by atoms with Crippen molar-refractivity contribution in [2.24, 2.45) is 5.92 Å². The van der Waals surface area contributed by atoms with Crippen molar-refractivity contribution < 1.29 is 13.6 Å². The molecular weight excluding hydrogens is 270 g/mol. The lowest BCUT2D eigenvalue weighted by atomic mass is 9.91. The lowest BCUT2D eigenvalue weighted by molar-refractivity contribution is 0.0952. The summed E-state index contributed by atoms with van der Waals surface area (Å²) in [5.41, 5.74) is -0.197. The van der Waals surface area contributed by atoms with Crippen LogP contribution in [0.3, 0.4) is 0 Å². The van der Waals surface area contributed by atoms with Crippen molar-refractivity contribution in [3.05, 3.63) is 34.4 Å². The number of hydrogen-bond acceptors (Lipinski definition) is 1. The molecule has 0 aliphatic heterocycles. The van der Waals surface area contributed by atoms with Gasteiger partial charge in [-0.1, -0.05) is 51.1 Å². The lowest BCUT2D eigenvalue weighted by Crippen LogP contribution is -2.10. The first kappa shape index (κ1) is 16.1. The van der Waals surface area contributed by atoms with Crippen LogP contribution < -0.4 is 0 Å². The minimum absolute atomic E-state index is 0.197. The zero-order chi connectivity index (χ0) is 14.4. The molecule has 4 heteroatoms. The molecule has 0 saturated carbocycles. The fraction of sp³-hybridized carbons (Fsp3) is 0.533. The highest BCUT2D eigenvalue weighted by molar-refractivity contribution is 6.30. The average molecular weight is 289 g/mol. The molecule has 106 valence electrons. The topological polar surface area (TPSA) is 17.1 Å². The monoisotopic (exact) mass is 288 g/mol. The Morgan fingerprint density at radius 1 is 1.26 bits per heavy atom. The Kier molecular flexibility index (Phi) is 6.43. The molecule has 0 aliphatic carbocycles. The maximum atomic E-state index is 13.6. The summed E-state index contributed by atoms with van der Waals surface area (Å²) in [6.07, 6.45) is 4.17. The van der Waals surface area contributed by atoms with Crippen LogP contribution in [0.2, 0.25) is 5.02 Å². The Morgan fingerprint density at radius 3 is 2.53 bits per heavy atom. The van der Waals surface area contributed by atoms with Crippen LogP contribution in [0.25, 0.3) is 0 Å². The number of unbranched alkanes of at least 4 members (excludes halogenated alkanes) is 1. The van der Waals surface area contributed by atoms with Gasteiger partial charge in [0.2, 0.25) is 0 Å². The summed E-state index contributed by atoms with van der Waals surface area (Å²) >= 11 is 5.47. The summed E-state index contributed by atoms with van der Waals surface area (Å²) in [6, 6.07) is 1.75. The SMILES string of the molecule is CCCCC(CC)CC(=O)c1cc(F)c(Cl)cc1F. The molecule has 0 saturated heterocycles. The van der Waals surface area contributed by atoms with Gasteiger partial charge in [0, 0.05) is 6.42 Å². The third-order valence-electron chi connectivity index (χ3n) is 3.33. The smallest absolute Gasteiger partial charge is 0.166 e. The molecule has 1 atom stereocenters. The van der Waals surface area contributed by atoms with E-state index in [1.807, 2.05) is 6.92 Å². The summed E-state index contributed by atoms with van der Waals surface area (Å²) in [5, 5.41) is -0.299. The number of carbonyl (C=O) groups excluding carboxylic acids is 1. The second-order valence-corrected chi connectivity index (χ2v) is 5.20. The van der Waals surface area contributed by atoms with Gasteiger partial charge in [0.1, 0.15) is 11.6 Å². The molecular formula is C15H19ClF2O. The molecule has 0 radical (unpaired) electrons. The highest BCUT2D eigenvalue weighted by Crippen LogP contribution is 2.24. The van der Waals surface area contributed by atoms with E-state index >= 15 is 0 Å². The third-order valence-corrected chi connectivity index (χ3v) is 3.62. The molecule has 0 spiro atoms. The van der Waals surface area contributed by atoms with E-state index in [1.165, 1.54) is 0 Å². The number of benzene rings is 1. The number of halogens is 3. The van der Waals surface area contributed by atoms with Crippen molar-refractivity contribution >= 4 is 17.4 Å². The van der Waals surface area contributed by atoms with E-state index in [0.717, 1.165) is 37.8 Å². The first-order valence-corrected chi connectivity index (χ1v) is 7.05. The van der Waals surface area contributed by atoms with Crippen LogP contribution in [0.15, 0.2) is 12.1 Å². The summed E-state index contributed by atoms with van der Waals surface area (Å²) in [5.74, 6) is -1.63. The quantitative estimate of drug-likeness (QED) is 0.484. The van der Waals surface area contributed by atoms with Crippen molar-refractivity contribution in [1.82, 2.24) is 0 Å². The molecule has 1 nitrogen and oxygen atoms in total. The van der Waals surface area contributed by atoms with Crippen LogP contribution >= 0.6 is 11.6 Å². The molecule has 1 aromatic carbocycles. The summed E-state index contributed by atoms with van der Waals surface area (Å²) in [6.45, 7) is 4.09. The Morgan fingerprint density at radius 2 is 1.95 bits per heavy atom. The Labute approximate surface area is 118 Å². The Hall–Kier alpha value is -0.960. The van der Waals surface area contributed by atoms with Gasteiger partial charge in [-0.05, 0) is 18.1 Å². The highest BCUT2D eigenvalue weighted by Gasteiger charge is 2.18. The van der Waals surface area contributed by atoms with Crippen molar-refractivity contribution in [2.75, 3.05) is 0 Å². The predicted octanol–water partition coefficient (Wildman–Crippen LogP) is 5.41. The standard InChI is InChI=1S/C15H19ClF2O/c1-3-5-6-10(4-2)7-15(19)11-8-14(18)12(16)9-13(11)17/h8-10H,3-7H2,1-2H3. The summed E-state index contributed by atoms with van der Waals surface area (Å²) in [4.78, 5) is 12.0.